The van der Waals surface area contributed by atoms with E-state index in [1.165, 1.54) is 6.07 Å². The molecule has 0 aliphatic rings. The number of carbonyl (C=O) groups is 1. The third-order valence-corrected chi connectivity index (χ3v) is 4.72. The predicted octanol–water partition coefficient (Wildman–Crippen LogP) is 5.71. The zero-order valence-electron chi connectivity index (χ0n) is 11.4. The Morgan fingerprint density at radius 2 is 1.58 bits per heavy atom. The van der Waals surface area contributed by atoms with E-state index < -0.39 is 23.1 Å². The minimum absolute atomic E-state index is 0.0115. The van der Waals surface area contributed by atoms with Gasteiger partial charge in [-0.25, -0.2) is 8.78 Å². The quantitative estimate of drug-likeness (QED) is 0.365. The summed E-state index contributed by atoms with van der Waals surface area (Å²) >= 11 is 28.5. The van der Waals surface area contributed by atoms with Crippen LogP contribution in [0.25, 0.3) is 0 Å². The number of benzene rings is 2. The minimum Gasteiger partial charge on any atom is -0.331 e. The predicted molar refractivity (Wildman–Crippen MR) is 96.5 cm³/mol. The van der Waals surface area contributed by atoms with Crippen molar-refractivity contribution in [1.82, 2.24) is 5.32 Å². The van der Waals surface area contributed by atoms with Crippen LogP contribution < -0.4 is 10.6 Å². The highest BCUT2D eigenvalue weighted by molar-refractivity contribution is 7.80. The third kappa shape index (κ3) is 4.07. The fourth-order valence-corrected chi connectivity index (χ4v) is 2.75. The molecule has 0 bridgehead atoms. The molecule has 0 fully saturated rings. The largest absolute Gasteiger partial charge is 0.331 e. The van der Waals surface area contributed by atoms with E-state index >= 15 is 0 Å². The number of nitrogens with one attached hydrogen (secondary N) is 2. The fourth-order valence-electron chi connectivity index (χ4n) is 1.70. The Morgan fingerprint density at radius 3 is 2.17 bits per heavy atom. The first-order valence-corrected chi connectivity index (χ1v) is 8.03. The number of hydrogen-bond acceptors (Lipinski definition) is 2. The topological polar surface area (TPSA) is 41.1 Å². The van der Waals surface area contributed by atoms with Crippen LogP contribution >= 0.6 is 58.6 Å². The standard InChI is InChI=1S/C14H6Cl4F2N2OS/c15-5-4-8(11(17)12(18)10(5)16)21-14(24)22-13(23)9-6(19)2-1-3-7(9)20/h1-4H,(H2,21,22,23,24). The van der Waals surface area contributed by atoms with Gasteiger partial charge in [-0.3, -0.25) is 10.1 Å². The Balaban J connectivity index is 2.19. The maximum atomic E-state index is 13.6. The first-order chi connectivity index (χ1) is 11.2. The lowest BCUT2D eigenvalue weighted by Gasteiger charge is -2.13. The van der Waals surface area contributed by atoms with Crippen LogP contribution in [0.5, 0.6) is 0 Å². The molecule has 3 nitrogen and oxygen atoms in total. The Labute approximate surface area is 160 Å². The van der Waals surface area contributed by atoms with Crippen molar-refractivity contribution in [2.45, 2.75) is 0 Å². The molecule has 10 heteroatoms. The van der Waals surface area contributed by atoms with Gasteiger partial charge in [-0.1, -0.05) is 52.5 Å². The molecule has 0 aliphatic carbocycles. The van der Waals surface area contributed by atoms with Crippen LogP contribution in [-0.2, 0) is 0 Å². The molecule has 2 N–H and O–H groups in total. The van der Waals surface area contributed by atoms with E-state index in [2.05, 4.69) is 10.6 Å². The molecule has 2 aromatic rings. The summed E-state index contributed by atoms with van der Waals surface area (Å²) in [7, 11) is 0. The van der Waals surface area contributed by atoms with Gasteiger partial charge in [0.15, 0.2) is 5.11 Å². The van der Waals surface area contributed by atoms with Crippen LogP contribution in [0.2, 0.25) is 20.1 Å². The van der Waals surface area contributed by atoms with E-state index in [9.17, 15) is 13.6 Å². The summed E-state index contributed by atoms with van der Waals surface area (Å²) in [6.45, 7) is 0. The molecule has 2 aromatic carbocycles. The van der Waals surface area contributed by atoms with Crippen LogP contribution in [0, 0.1) is 11.6 Å². The molecule has 0 aromatic heterocycles. The van der Waals surface area contributed by atoms with E-state index in [1.54, 1.807) is 0 Å². The summed E-state index contributed by atoms with van der Waals surface area (Å²) in [6, 6.07) is 4.36. The normalized spacial score (nSPS) is 10.4. The van der Waals surface area contributed by atoms with Crippen LogP contribution in [-0.4, -0.2) is 11.0 Å². The van der Waals surface area contributed by atoms with Crippen molar-refractivity contribution in [3.63, 3.8) is 0 Å². The second-order valence-corrected chi connectivity index (χ2v) is 6.30. The van der Waals surface area contributed by atoms with Crippen molar-refractivity contribution >= 4 is 75.3 Å². The molecule has 0 unspecified atom stereocenters. The summed E-state index contributed by atoms with van der Waals surface area (Å²) < 4.78 is 27.1. The molecule has 0 heterocycles. The Bertz CT molecular complexity index is 828. The molecule has 2 rings (SSSR count). The number of carbonyl (C=O) groups excluding carboxylic acids is 1. The molecule has 0 atom stereocenters. The zero-order chi connectivity index (χ0) is 18.0. The van der Waals surface area contributed by atoms with E-state index in [1.807, 2.05) is 0 Å². The number of hydrogen-bond donors (Lipinski definition) is 2. The second kappa shape index (κ2) is 7.80. The fraction of sp³-hybridized carbons (Fsp3) is 0. The molecule has 0 radical (unpaired) electrons. The summed E-state index contributed by atoms with van der Waals surface area (Å²) in [5, 5.41) is 4.57. The highest BCUT2D eigenvalue weighted by Crippen LogP contribution is 2.40. The molecular formula is C14H6Cl4F2N2OS. The van der Waals surface area contributed by atoms with Crippen molar-refractivity contribution in [2.24, 2.45) is 0 Å². The molecule has 0 saturated carbocycles. The minimum atomic E-state index is -1.06. The maximum absolute atomic E-state index is 13.6. The lowest BCUT2D eigenvalue weighted by molar-refractivity contribution is 0.0969. The van der Waals surface area contributed by atoms with Gasteiger partial charge in [-0.15, -0.1) is 0 Å². The van der Waals surface area contributed by atoms with Gasteiger partial charge in [0.2, 0.25) is 0 Å². The van der Waals surface area contributed by atoms with Crippen molar-refractivity contribution in [2.75, 3.05) is 5.32 Å². The highest BCUT2D eigenvalue weighted by atomic mass is 35.5. The molecule has 0 saturated heterocycles. The van der Waals surface area contributed by atoms with Gasteiger partial charge in [0.05, 0.1) is 25.8 Å². The average Bonchev–Trinajstić information content (AvgIpc) is 2.50. The van der Waals surface area contributed by atoms with Gasteiger partial charge >= 0.3 is 0 Å². The summed E-state index contributed by atoms with van der Waals surface area (Å²) in [6.07, 6.45) is 0. The van der Waals surface area contributed by atoms with Gasteiger partial charge in [0.25, 0.3) is 5.91 Å². The molecule has 0 spiro atoms. The van der Waals surface area contributed by atoms with E-state index in [4.69, 9.17) is 58.6 Å². The molecule has 126 valence electrons. The van der Waals surface area contributed by atoms with Crippen LogP contribution in [0.1, 0.15) is 10.4 Å². The smallest absolute Gasteiger partial charge is 0.263 e. The maximum Gasteiger partial charge on any atom is 0.263 e. The zero-order valence-corrected chi connectivity index (χ0v) is 15.2. The van der Waals surface area contributed by atoms with Gasteiger partial charge in [-0.2, -0.15) is 0 Å². The monoisotopic (exact) mass is 428 g/mol. The van der Waals surface area contributed by atoms with E-state index in [0.29, 0.717) is 0 Å². The number of thiocarbonyl (C=S) groups is 1. The summed E-state index contributed by atoms with van der Waals surface area (Å²) in [5.41, 5.74) is -0.602. The number of anilines is 1. The summed E-state index contributed by atoms with van der Waals surface area (Å²) in [5.74, 6) is -3.11. The van der Waals surface area contributed by atoms with Crippen LogP contribution in [0.4, 0.5) is 14.5 Å². The Morgan fingerprint density at radius 1 is 1.00 bits per heavy atom. The van der Waals surface area contributed by atoms with Gasteiger partial charge in [0, 0.05) is 0 Å². The summed E-state index contributed by atoms with van der Waals surface area (Å²) in [4.78, 5) is 11.9. The van der Waals surface area contributed by atoms with Crippen LogP contribution in [0.3, 0.4) is 0 Å². The van der Waals surface area contributed by atoms with Gasteiger partial charge in [-0.05, 0) is 30.4 Å². The first kappa shape index (κ1) is 19.1. The van der Waals surface area contributed by atoms with Crippen molar-refractivity contribution in [3.8, 4) is 0 Å². The first-order valence-electron chi connectivity index (χ1n) is 6.11. The SMILES string of the molecule is O=C(NC(=S)Nc1cc(Cl)c(Cl)c(Cl)c1Cl)c1c(F)cccc1F. The Hall–Kier alpha value is -1.18. The molecular weight excluding hydrogens is 424 g/mol. The van der Waals surface area contributed by atoms with E-state index in [-0.39, 0.29) is 30.9 Å². The van der Waals surface area contributed by atoms with E-state index in [0.717, 1.165) is 18.2 Å². The Kier molecular flexibility index (Phi) is 6.22. The molecule has 24 heavy (non-hydrogen) atoms. The van der Waals surface area contributed by atoms with Crippen molar-refractivity contribution < 1.29 is 13.6 Å². The second-order valence-electron chi connectivity index (χ2n) is 4.35. The number of amides is 1. The molecule has 1 amide bonds. The van der Waals surface area contributed by atoms with Gasteiger partial charge < -0.3 is 5.32 Å². The lowest BCUT2D eigenvalue weighted by Crippen LogP contribution is -2.35. The van der Waals surface area contributed by atoms with Gasteiger partial charge in [0.1, 0.15) is 17.2 Å². The van der Waals surface area contributed by atoms with Crippen molar-refractivity contribution in [3.05, 3.63) is 61.6 Å². The van der Waals surface area contributed by atoms with Crippen LogP contribution in [0.15, 0.2) is 24.3 Å². The number of halogens is 6. The van der Waals surface area contributed by atoms with Crippen molar-refractivity contribution in [1.29, 1.82) is 0 Å². The lowest BCUT2D eigenvalue weighted by atomic mass is 10.2. The molecule has 0 aliphatic heterocycles. The highest BCUT2D eigenvalue weighted by Gasteiger charge is 2.19. The third-order valence-electron chi connectivity index (χ3n) is 2.77. The number of rotatable bonds is 2. The average molecular weight is 430 g/mol.